The molecule has 1 fully saturated rings. The molecule has 1 amide bonds. The van der Waals surface area contributed by atoms with Crippen LogP contribution in [0, 0.1) is 5.41 Å². The lowest BCUT2D eigenvalue weighted by molar-refractivity contribution is -0.134. The zero-order valence-electron chi connectivity index (χ0n) is 14.0. The third-order valence-electron chi connectivity index (χ3n) is 4.51. The van der Waals surface area contributed by atoms with Gasteiger partial charge in [-0.2, -0.15) is 0 Å². The number of halogens is 2. The fraction of sp³-hybridized carbons (Fsp3) is 0.588. The molecule has 1 unspecified atom stereocenters. The predicted molar refractivity (Wildman–Crippen MR) is 96.5 cm³/mol. The SMILES string of the molecule is COc1ccc(CCC(=O)N2CCC(N)C(C)(C)C2)cc1Cl.Cl. The van der Waals surface area contributed by atoms with Crippen molar-refractivity contribution in [2.45, 2.75) is 39.2 Å². The van der Waals surface area contributed by atoms with Crippen molar-refractivity contribution in [2.75, 3.05) is 20.2 Å². The van der Waals surface area contributed by atoms with Crippen LogP contribution in [0.5, 0.6) is 5.75 Å². The van der Waals surface area contributed by atoms with E-state index in [0.717, 1.165) is 25.1 Å². The summed E-state index contributed by atoms with van der Waals surface area (Å²) in [5.74, 6) is 0.843. The molecule has 1 heterocycles. The summed E-state index contributed by atoms with van der Waals surface area (Å²) >= 11 is 6.11. The van der Waals surface area contributed by atoms with Crippen molar-refractivity contribution in [3.8, 4) is 5.75 Å². The fourth-order valence-electron chi connectivity index (χ4n) is 2.86. The molecule has 23 heavy (non-hydrogen) atoms. The van der Waals surface area contributed by atoms with Crippen molar-refractivity contribution in [3.05, 3.63) is 28.8 Å². The molecular weight excluding hydrogens is 335 g/mol. The van der Waals surface area contributed by atoms with E-state index < -0.39 is 0 Å². The molecule has 1 aliphatic rings. The smallest absolute Gasteiger partial charge is 0.222 e. The largest absolute Gasteiger partial charge is 0.495 e. The third kappa shape index (κ3) is 5.00. The first kappa shape index (κ1) is 20.1. The van der Waals surface area contributed by atoms with Crippen molar-refractivity contribution in [1.82, 2.24) is 4.90 Å². The number of methoxy groups -OCH3 is 1. The summed E-state index contributed by atoms with van der Waals surface area (Å²) in [7, 11) is 1.59. The minimum absolute atomic E-state index is 0. The molecule has 6 heteroatoms. The molecule has 2 rings (SSSR count). The van der Waals surface area contributed by atoms with Crippen LogP contribution in [0.25, 0.3) is 0 Å². The molecule has 0 bridgehead atoms. The van der Waals surface area contributed by atoms with Gasteiger partial charge in [-0.3, -0.25) is 4.79 Å². The second-order valence-corrected chi connectivity index (χ2v) is 7.08. The number of ether oxygens (including phenoxy) is 1. The summed E-state index contributed by atoms with van der Waals surface area (Å²) < 4.78 is 5.13. The Hall–Kier alpha value is -0.970. The molecule has 4 nitrogen and oxygen atoms in total. The monoisotopic (exact) mass is 360 g/mol. The highest BCUT2D eigenvalue weighted by molar-refractivity contribution is 6.32. The van der Waals surface area contributed by atoms with Crippen LogP contribution in [0.2, 0.25) is 5.02 Å². The molecule has 0 aliphatic carbocycles. The van der Waals surface area contributed by atoms with E-state index in [1.54, 1.807) is 7.11 Å². The minimum Gasteiger partial charge on any atom is -0.495 e. The maximum Gasteiger partial charge on any atom is 0.222 e. The van der Waals surface area contributed by atoms with Crippen LogP contribution >= 0.6 is 24.0 Å². The number of likely N-dealkylation sites (tertiary alicyclic amines) is 1. The Morgan fingerprint density at radius 3 is 2.74 bits per heavy atom. The van der Waals surface area contributed by atoms with Gasteiger partial charge in [0, 0.05) is 25.6 Å². The van der Waals surface area contributed by atoms with Gasteiger partial charge in [-0.1, -0.05) is 31.5 Å². The molecule has 0 spiro atoms. The second-order valence-electron chi connectivity index (χ2n) is 6.67. The number of benzene rings is 1. The van der Waals surface area contributed by atoms with Crippen LogP contribution in [0.1, 0.15) is 32.3 Å². The molecule has 0 aromatic heterocycles. The topological polar surface area (TPSA) is 55.6 Å². The lowest BCUT2D eigenvalue weighted by Crippen LogP contribution is -2.54. The van der Waals surface area contributed by atoms with Crippen LogP contribution in [0.4, 0.5) is 0 Å². The molecule has 2 N–H and O–H groups in total. The number of rotatable bonds is 4. The quantitative estimate of drug-likeness (QED) is 0.895. The van der Waals surface area contributed by atoms with Gasteiger partial charge in [0.2, 0.25) is 5.91 Å². The standard InChI is InChI=1S/C17H25ClN2O2.ClH/c1-17(2)11-20(9-8-15(17)19)16(21)7-5-12-4-6-14(22-3)13(18)10-12;/h4,6,10,15H,5,7-9,11,19H2,1-3H3;1H. The number of aryl methyl sites for hydroxylation is 1. The van der Waals surface area contributed by atoms with Gasteiger partial charge in [-0.15, -0.1) is 12.4 Å². The average molecular weight is 361 g/mol. The summed E-state index contributed by atoms with van der Waals surface area (Å²) in [6.07, 6.45) is 2.05. The summed E-state index contributed by atoms with van der Waals surface area (Å²) in [5.41, 5.74) is 7.15. The Morgan fingerprint density at radius 1 is 1.48 bits per heavy atom. The van der Waals surface area contributed by atoms with Crippen LogP contribution in [0.15, 0.2) is 18.2 Å². The maximum atomic E-state index is 12.4. The second kappa shape index (κ2) is 8.22. The third-order valence-corrected chi connectivity index (χ3v) is 4.80. The van der Waals surface area contributed by atoms with Gasteiger partial charge in [-0.05, 0) is 36.0 Å². The minimum atomic E-state index is -0.0165. The first-order valence-corrected chi connectivity index (χ1v) is 8.07. The number of hydrogen-bond acceptors (Lipinski definition) is 3. The average Bonchev–Trinajstić information content (AvgIpc) is 2.47. The number of carbonyl (C=O) groups excluding carboxylic acids is 1. The highest BCUT2D eigenvalue weighted by Gasteiger charge is 2.34. The van der Waals surface area contributed by atoms with Gasteiger partial charge < -0.3 is 15.4 Å². The molecular formula is C17H26Cl2N2O2. The van der Waals surface area contributed by atoms with Gasteiger partial charge >= 0.3 is 0 Å². The van der Waals surface area contributed by atoms with E-state index in [4.69, 9.17) is 22.1 Å². The van der Waals surface area contributed by atoms with E-state index in [-0.39, 0.29) is 29.8 Å². The molecule has 130 valence electrons. The number of piperidine rings is 1. The van der Waals surface area contributed by atoms with E-state index in [9.17, 15) is 4.79 Å². The highest BCUT2D eigenvalue weighted by atomic mass is 35.5. The van der Waals surface area contributed by atoms with E-state index in [1.807, 2.05) is 23.1 Å². The number of nitrogens with two attached hydrogens (primary N) is 1. The number of nitrogens with zero attached hydrogens (tertiary/aromatic N) is 1. The van der Waals surface area contributed by atoms with Crippen molar-refractivity contribution < 1.29 is 9.53 Å². The van der Waals surface area contributed by atoms with Gasteiger partial charge in [0.05, 0.1) is 12.1 Å². The maximum absolute atomic E-state index is 12.4. The van der Waals surface area contributed by atoms with E-state index in [0.29, 0.717) is 23.6 Å². The van der Waals surface area contributed by atoms with Gasteiger partial charge in [0.1, 0.15) is 5.75 Å². The highest BCUT2D eigenvalue weighted by Crippen LogP contribution is 2.29. The lowest BCUT2D eigenvalue weighted by Gasteiger charge is -2.42. The Kier molecular flexibility index (Phi) is 7.18. The predicted octanol–water partition coefficient (Wildman–Crippen LogP) is 3.29. The van der Waals surface area contributed by atoms with Gasteiger partial charge in [-0.25, -0.2) is 0 Å². The first-order valence-electron chi connectivity index (χ1n) is 7.69. The van der Waals surface area contributed by atoms with Crippen LogP contribution in [0.3, 0.4) is 0 Å². The molecule has 1 aliphatic heterocycles. The zero-order valence-corrected chi connectivity index (χ0v) is 15.5. The van der Waals surface area contributed by atoms with Crippen molar-refractivity contribution in [1.29, 1.82) is 0 Å². The van der Waals surface area contributed by atoms with E-state index >= 15 is 0 Å². The number of carbonyl (C=O) groups is 1. The molecule has 1 atom stereocenters. The lowest BCUT2D eigenvalue weighted by atomic mass is 9.79. The van der Waals surface area contributed by atoms with Gasteiger partial charge in [0.25, 0.3) is 0 Å². The number of hydrogen-bond donors (Lipinski definition) is 1. The summed E-state index contributed by atoms with van der Waals surface area (Å²) in [6.45, 7) is 5.74. The Balaban J connectivity index is 0.00000264. The molecule has 0 radical (unpaired) electrons. The van der Waals surface area contributed by atoms with E-state index in [2.05, 4.69) is 13.8 Å². The van der Waals surface area contributed by atoms with Gasteiger partial charge in [0.15, 0.2) is 0 Å². The summed E-state index contributed by atoms with van der Waals surface area (Å²) in [6, 6.07) is 5.82. The van der Waals surface area contributed by atoms with Crippen molar-refractivity contribution in [2.24, 2.45) is 11.1 Å². The summed E-state index contributed by atoms with van der Waals surface area (Å²) in [4.78, 5) is 14.3. The van der Waals surface area contributed by atoms with Crippen LogP contribution in [-0.4, -0.2) is 37.0 Å². The van der Waals surface area contributed by atoms with E-state index in [1.165, 1.54) is 0 Å². The molecule has 1 aromatic rings. The van der Waals surface area contributed by atoms with Crippen LogP contribution < -0.4 is 10.5 Å². The first-order chi connectivity index (χ1) is 10.3. The molecule has 0 saturated carbocycles. The molecule has 1 aromatic carbocycles. The van der Waals surface area contributed by atoms with Crippen LogP contribution in [-0.2, 0) is 11.2 Å². The zero-order chi connectivity index (χ0) is 16.3. The Labute approximate surface area is 149 Å². The summed E-state index contributed by atoms with van der Waals surface area (Å²) in [5, 5.41) is 0.581. The van der Waals surface area contributed by atoms with Crippen molar-refractivity contribution in [3.63, 3.8) is 0 Å². The fourth-order valence-corrected chi connectivity index (χ4v) is 3.14. The number of amides is 1. The Morgan fingerprint density at radius 2 is 2.17 bits per heavy atom. The van der Waals surface area contributed by atoms with Crippen molar-refractivity contribution >= 4 is 29.9 Å². The Bertz CT molecular complexity index is 549. The molecule has 1 saturated heterocycles. The normalized spacial score (nSPS) is 19.9.